The Bertz CT molecular complexity index is 405. The van der Waals surface area contributed by atoms with Gasteiger partial charge in [-0.05, 0) is 30.0 Å². The monoisotopic (exact) mass is 312 g/mol. The number of rotatable bonds is 6. The molecule has 0 fully saturated rings. The van der Waals surface area contributed by atoms with Gasteiger partial charge in [-0.25, -0.2) is 0 Å². The Morgan fingerprint density at radius 2 is 2.11 bits per heavy atom. The van der Waals surface area contributed by atoms with Crippen LogP contribution in [0, 0.1) is 5.41 Å². The van der Waals surface area contributed by atoms with Crippen LogP contribution in [0.5, 0.6) is 0 Å². The fourth-order valence-electron chi connectivity index (χ4n) is 1.41. The standard InChI is InChI=1S/C14H21BrN2O/c1-4-14(2,3)10-16-9-13(18)17-12-7-5-6-11(15)8-12/h5-8,16H,4,9-10H2,1-3H3,(H,17,18). The molecule has 0 spiro atoms. The molecular formula is C14H21BrN2O. The van der Waals surface area contributed by atoms with E-state index in [-0.39, 0.29) is 11.3 Å². The Balaban J connectivity index is 2.34. The van der Waals surface area contributed by atoms with Gasteiger partial charge in [-0.1, -0.05) is 42.8 Å². The van der Waals surface area contributed by atoms with Crippen LogP contribution in [0.4, 0.5) is 5.69 Å². The topological polar surface area (TPSA) is 41.1 Å². The molecule has 1 rings (SSSR count). The van der Waals surface area contributed by atoms with Crippen LogP contribution in [0.15, 0.2) is 28.7 Å². The van der Waals surface area contributed by atoms with Crippen LogP contribution in [0.1, 0.15) is 27.2 Å². The van der Waals surface area contributed by atoms with Crippen molar-refractivity contribution in [3.63, 3.8) is 0 Å². The highest BCUT2D eigenvalue weighted by atomic mass is 79.9. The van der Waals surface area contributed by atoms with E-state index in [1.165, 1.54) is 0 Å². The molecule has 0 unspecified atom stereocenters. The molecule has 0 heterocycles. The maximum atomic E-state index is 11.7. The van der Waals surface area contributed by atoms with Crippen LogP contribution in [0.2, 0.25) is 0 Å². The molecule has 0 aliphatic rings. The summed E-state index contributed by atoms with van der Waals surface area (Å²) in [7, 11) is 0. The summed E-state index contributed by atoms with van der Waals surface area (Å²) in [5, 5.41) is 6.04. The third kappa shape index (κ3) is 5.65. The minimum absolute atomic E-state index is 0.0139. The van der Waals surface area contributed by atoms with Crippen LogP contribution < -0.4 is 10.6 Å². The Morgan fingerprint density at radius 3 is 2.72 bits per heavy atom. The summed E-state index contributed by atoms with van der Waals surface area (Å²) >= 11 is 3.37. The fraction of sp³-hybridized carbons (Fsp3) is 0.500. The van der Waals surface area contributed by atoms with Crippen molar-refractivity contribution < 1.29 is 4.79 Å². The maximum Gasteiger partial charge on any atom is 0.238 e. The average molecular weight is 313 g/mol. The van der Waals surface area contributed by atoms with E-state index >= 15 is 0 Å². The quantitative estimate of drug-likeness (QED) is 0.845. The lowest BCUT2D eigenvalue weighted by Crippen LogP contribution is -2.34. The Morgan fingerprint density at radius 1 is 1.39 bits per heavy atom. The van der Waals surface area contributed by atoms with Crippen molar-refractivity contribution in [2.24, 2.45) is 5.41 Å². The summed E-state index contributed by atoms with van der Waals surface area (Å²) < 4.78 is 0.959. The number of amides is 1. The molecule has 2 N–H and O–H groups in total. The zero-order valence-corrected chi connectivity index (χ0v) is 12.8. The van der Waals surface area contributed by atoms with Crippen LogP contribution in [-0.4, -0.2) is 19.0 Å². The lowest BCUT2D eigenvalue weighted by atomic mass is 9.90. The van der Waals surface area contributed by atoms with E-state index in [0.717, 1.165) is 23.1 Å². The highest BCUT2D eigenvalue weighted by Gasteiger charge is 2.14. The highest BCUT2D eigenvalue weighted by molar-refractivity contribution is 9.10. The third-order valence-electron chi connectivity index (χ3n) is 2.95. The van der Waals surface area contributed by atoms with Gasteiger partial charge in [0.2, 0.25) is 5.91 Å². The zero-order valence-electron chi connectivity index (χ0n) is 11.2. The number of halogens is 1. The van der Waals surface area contributed by atoms with E-state index in [4.69, 9.17) is 0 Å². The smallest absolute Gasteiger partial charge is 0.238 e. The molecule has 1 aromatic carbocycles. The first-order chi connectivity index (χ1) is 8.43. The second-order valence-corrected chi connectivity index (χ2v) is 6.10. The molecule has 0 saturated heterocycles. The summed E-state index contributed by atoms with van der Waals surface area (Å²) in [5.41, 5.74) is 1.04. The number of carbonyl (C=O) groups is 1. The number of hydrogen-bond donors (Lipinski definition) is 2. The number of nitrogens with one attached hydrogen (secondary N) is 2. The molecule has 1 amide bonds. The largest absolute Gasteiger partial charge is 0.325 e. The Hall–Kier alpha value is -0.870. The molecular weight excluding hydrogens is 292 g/mol. The first kappa shape index (κ1) is 15.2. The third-order valence-corrected chi connectivity index (χ3v) is 3.45. The van der Waals surface area contributed by atoms with Gasteiger partial charge in [-0.3, -0.25) is 4.79 Å². The van der Waals surface area contributed by atoms with Crippen molar-refractivity contribution in [3.8, 4) is 0 Å². The summed E-state index contributed by atoms with van der Waals surface area (Å²) in [6.07, 6.45) is 1.09. The lowest BCUT2D eigenvalue weighted by Gasteiger charge is -2.22. The Labute approximate surface area is 117 Å². The SMILES string of the molecule is CCC(C)(C)CNCC(=O)Nc1cccc(Br)c1. The Kier molecular flexibility index (Phi) is 5.82. The zero-order chi connectivity index (χ0) is 13.6. The number of anilines is 1. The van der Waals surface area contributed by atoms with E-state index in [1.54, 1.807) is 0 Å². The van der Waals surface area contributed by atoms with Crippen molar-refractivity contribution >= 4 is 27.5 Å². The van der Waals surface area contributed by atoms with Crippen LogP contribution >= 0.6 is 15.9 Å². The average Bonchev–Trinajstić information content (AvgIpc) is 2.28. The van der Waals surface area contributed by atoms with Crippen molar-refractivity contribution in [1.82, 2.24) is 5.32 Å². The summed E-state index contributed by atoms with van der Waals surface area (Å²) in [5.74, 6) is -0.0139. The van der Waals surface area contributed by atoms with Crippen LogP contribution in [-0.2, 0) is 4.79 Å². The highest BCUT2D eigenvalue weighted by Crippen LogP contribution is 2.17. The molecule has 0 radical (unpaired) electrons. The molecule has 4 heteroatoms. The predicted octanol–water partition coefficient (Wildman–Crippen LogP) is 3.41. The molecule has 1 aromatic rings. The van der Waals surface area contributed by atoms with E-state index in [0.29, 0.717) is 6.54 Å². The van der Waals surface area contributed by atoms with Gasteiger partial charge >= 0.3 is 0 Å². The molecule has 3 nitrogen and oxygen atoms in total. The molecule has 0 atom stereocenters. The fourth-order valence-corrected chi connectivity index (χ4v) is 1.81. The first-order valence-corrected chi connectivity index (χ1v) is 6.98. The summed E-state index contributed by atoms with van der Waals surface area (Å²) in [6, 6.07) is 7.58. The van der Waals surface area contributed by atoms with Crippen LogP contribution in [0.3, 0.4) is 0 Å². The number of benzene rings is 1. The van der Waals surface area contributed by atoms with Crippen molar-refractivity contribution in [2.45, 2.75) is 27.2 Å². The van der Waals surface area contributed by atoms with Gasteiger partial charge in [-0.15, -0.1) is 0 Å². The van der Waals surface area contributed by atoms with Crippen LogP contribution in [0.25, 0.3) is 0 Å². The summed E-state index contributed by atoms with van der Waals surface area (Å²) in [4.78, 5) is 11.7. The number of hydrogen-bond acceptors (Lipinski definition) is 2. The lowest BCUT2D eigenvalue weighted by molar-refractivity contribution is -0.115. The molecule has 0 aliphatic carbocycles. The van der Waals surface area contributed by atoms with Gasteiger partial charge in [0.25, 0.3) is 0 Å². The van der Waals surface area contributed by atoms with Crippen molar-refractivity contribution in [1.29, 1.82) is 0 Å². The molecule has 18 heavy (non-hydrogen) atoms. The van der Waals surface area contributed by atoms with Gasteiger partial charge in [-0.2, -0.15) is 0 Å². The van der Waals surface area contributed by atoms with E-state index in [1.807, 2.05) is 24.3 Å². The molecule has 0 bridgehead atoms. The van der Waals surface area contributed by atoms with Gasteiger partial charge in [0.1, 0.15) is 0 Å². The summed E-state index contributed by atoms with van der Waals surface area (Å²) in [6.45, 7) is 7.72. The van der Waals surface area contributed by atoms with Crippen molar-refractivity contribution in [2.75, 3.05) is 18.4 Å². The molecule has 100 valence electrons. The van der Waals surface area contributed by atoms with E-state index in [9.17, 15) is 4.79 Å². The minimum Gasteiger partial charge on any atom is -0.325 e. The molecule has 0 saturated carbocycles. The molecule has 0 aliphatic heterocycles. The van der Waals surface area contributed by atoms with Gasteiger partial charge in [0.15, 0.2) is 0 Å². The first-order valence-electron chi connectivity index (χ1n) is 6.19. The minimum atomic E-state index is -0.0139. The normalized spacial score (nSPS) is 11.3. The second kappa shape index (κ2) is 6.90. The van der Waals surface area contributed by atoms with Gasteiger partial charge in [0, 0.05) is 16.7 Å². The van der Waals surface area contributed by atoms with Gasteiger partial charge in [0.05, 0.1) is 6.54 Å². The van der Waals surface area contributed by atoms with E-state index < -0.39 is 0 Å². The second-order valence-electron chi connectivity index (χ2n) is 5.18. The van der Waals surface area contributed by atoms with Crippen molar-refractivity contribution in [3.05, 3.63) is 28.7 Å². The number of carbonyl (C=O) groups excluding carboxylic acids is 1. The predicted molar refractivity (Wildman–Crippen MR) is 79.7 cm³/mol. The van der Waals surface area contributed by atoms with Gasteiger partial charge < -0.3 is 10.6 Å². The maximum absolute atomic E-state index is 11.7. The van der Waals surface area contributed by atoms with E-state index in [2.05, 4.69) is 47.3 Å². The molecule has 0 aromatic heterocycles.